The molecule has 0 saturated heterocycles. The Morgan fingerprint density at radius 3 is 2.11 bits per heavy atom. The average Bonchev–Trinajstić information content (AvgIpc) is 2.52. The third-order valence-electron chi connectivity index (χ3n) is 3.29. The van der Waals surface area contributed by atoms with Gasteiger partial charge in [0.1, 0.15) is 0 Å². The van der Waals surface area contributed by atoms with E-state index in [4.69, 9.17) is 0 Å². The Hall–Kier alpha value is -0.682. The van der Waals surface area contributed by atoms with E-state index in [0.29, 0.717) is 0 Å². The molecule has 2 heteroatoms. The number of benzene rings is 1. The van der Waals surface area contributed by atoms with Crippen molar-refractivity contribution in [3.05, 3.63) is 41.6 Å². The van der Waals surface area contributed by atoms with Gasteiger partial charge in [-0.15, -0.1) is 6.04 Å². The third kappa shape index (κ3) is 2.38. The summed E-state index contributed by atoms with van der Waals surface area (Å²) in [5.41, 5.74) is 4.34. The molecule has 18 heavy (non-hydrogen) atoms. The van der Waals surface area contributed by atoms with Gasteiger partial charge in [-0.3, -0.25) is 0 Å². The van der Waals surface area contributed by atoms with Crippen LogP contribution in [0.3, 0.4) is 0 Å². The normalized spacial score (nSPS) is 11.4. The number of hydrogen-bond acceptors (Lipinski definition) is 0. The van der Waals surface area contributed by atoms with Crippen molar-refractivity contribution in [3.63, 3.8) is 0 Å². The Morgan fingerprint density at radius 2 is 1.61 bits per heavy atom. The number of rotatable bonds is 1. The van der Waals surface area contributed by atoms with Gasteiger partial charge in [0.05, 0.1) is 0 Å². The molecular weight excluding hydrogens is 390 g/mol. The second-order valence-corrected chi connectivity index (χ2v) is 6.02. The molecule has 2 aromatic rings. The molecule has 1 aromatic heterocycles. The third-order valence-corrected chi connectivity index (χ3v) is 3.29. The molecule has 0 aliphatic heterocycles. The van der Waals surface area contributed by atoms with E-state index in [0.717, 1.165) is 0 Å². The molecule has 0 N–H and O–H groups in total. The molecule has 0 amide bonds. The molecule has 0 saturated carbocycles. The van der Waals surface area contributed by atoms with Gasteiger partial charge in [0.15, 0.2) is 0 Å². The van der Waals surface area contributed by atoms with Crippen molar-refractivity contribution in [2.75, 3.05) is 0 Å². The van der Waals surface area contributed by atoms with Crippen LogP contribution in [-0.4, -0.2) is 4.57 Å². The van der Waals surface area contributed by atoms with E-state index in [-0.39, 0.29) is 26.5 Å². The largest absolute Gasteiger partial charge is 0.479 e. The minimum atomic E-state index is 0. The molecule has 0 spiro atoms. The Morgan fingerprint density at radius 1 is 1.06 bits per heavy atom. The van der Waals surface area contributed by atoms with E-state index in [1.54, 1.807) is 0 Å². The van der Waals surface area contributed by atoms with Crippen LogP contribution in [0.25, 0.3) is 10.9 Å². The Kier molecular flexibility index (Phi) is 4.38. The molecule has 0 aliphatic carbocycles. The molecular formula is C16H22NW-. The van der Waals surface area contributed by atoms with Gasteiger partial charge in [-0.2, -0.15) is 0 Å². The van der Waals surface area contributed by atoms with E-state index in [1.807, 2.05) is 0 Å². The van der Waals surface area contributed by atoms with Crippen LogP contribution in [-0.2, 0) is 26.5 Å². The monoisotopic (exact) mass is 412 g/mol. The summed E-state index contributed by atoms with van der Waals surface area (Å²) in [6.45, 7) is 13.5. The Balaban J connectivity index is 0.00000162. The number of para-hydroxylation sites is 1. The van der Waals surface area contributed by atoms with Crippen LogP contribution in [0.15, 0.2) is 24.3 Å². The molecule has 1 heterocycles. The molecule has 2 rings (SSSR count). The first kappa shape index (κ1) is 15.4. The van der Waals surface area contributed by atoms with Crippen LogP contribution < -0.4 is 0 Å². The van der Waals surface area contributed by atoms with Crippen LogP contribution in [0, 0.1) is 13.0 Å². The zero-order chi connectivity index (χ0) is 12.8. The minimum absolute atomic E-state index is 0. The smallest absolute Gasteiger partial charge is 0 e. The summed E-state index contributed by atoms with van der Waals surface area (Å²) in [6, 6.07) is 10.0. The van der Waals surface area contributed by atoms with Crippen LogP contribution in [0.1, 0.15) is 45.9 Å². The standard InChI is InChI=1S/C16H22N.W/c1-11(2)17-14-10-8-7-9-13(14)12(3)15(17)16(4,5)6;/h7-10H,1-6H3;/q-1;. The molecule has 0 radical (unpaired) electrons. The first-order valence-electron chi connectivity index (χ1n) is 6.25. The topological polar surface area (TPSA) is 4.93 Å². The van der Waals surface area contributed by atoms with E-state index in [1.165, 1.54) is 28.2 Å². The fourth-order valence-electron chi connectivity index (χ4n) is 2.76. The number of aryl methyl sites for hydroxylation is 1. The van der Waals surface area contributed by atoms with Gasteiger partial charge in [0.2, 0.25) is 0 Å². The predicted molar refractivity (Wildman–Crippen MR) is 75.4 cm³/mol. The maximum atomic E-state index is 2.41. The van der Waals surface area contributed by atoms with Crippen molar-refractivity contribution in [1.82, 2.24) is 4.57 Å². The summed E-state index contributed by atoms with van der Waals surface area (Å²) in [5, 5.41) is 1.37. The molecule has 0 atom stereocenters. The van der Waals surface area contributed by atoms with Crippen molar-refractivity contribution in [2.24, 2.45) is 0 Å². The van der Waals surface area contributed by atoms with Crippen LogP contribution in [0.2, 0.25) is 0 Å². The van der Waals surface area contributed by atoms with Gasteiger partial charge in [0, 0.05) is 21.1 Å². The second-order valence-electron chi connectivity index (χ2n) is 6.02. The first-order valence-corrected chi connectivity index (χ1v) is 6.25. The van der Waals surface area contributed by atoms with Crippen LogP contribution >= 0.6 is 0 Å². The summed E-state index contributed by atoms with van der Waals surface area (Å²) in [6.07, 6.45) is 0. The summed E-state index contributed by atoms with van der Waals surface area (Å²) in [7, 11) is 0. The SMILES string of the molecule is Cc1c(C(C)(C)C)n([C-](C)C)c2ccccc12.[W]. The fraction of sp³-hybridized carbons (Fsp3) is 0.438. The number of aromatic nitrogens is 1. The number of fused-ring (bicyclic) bond motifs is 1. The van der Waals surface area contributed by atoms with Gasteiger partial charge < -0.3 is 4.57 Å². The van der Waals surface area contributed by atoms with E-state index in [9.17, 15) is 0 Å². The maximum absolute atomic E-state index is 2.41. The van der Waals surface area contributed by atoms with E-state index >= 15 is 0 Å². The first-order chi connectivity index (χ1) is 7.84. The number of hydrogen-bond donors (Lipinski definition) is 0. The van der Waals surface area contributed by atoms with Gasteiger partial charge >= 0.3 is 0 Å². The molecule has 1 nitrogen and oxygen atoms in total. The Bertz CT molecular complexity index is 544. The van der Waals surface area contributed by atoms with Crippen molar-refractivity contribution in [1.29, 1.82) is 0 Å². The molecule has 1 aromatic carbocycles. The van der Waals surface area contributed by atoms with Crippen LogP contribution in [0.5, 0.6) is 0 Å². The Labute approximate surface area is 125 Å². The minimum Gasteiger partial charge on any atom is -0.479 e. The summed E-state index contributed by atoms with van der Waals surface area (Å²) in [4.78, 5) is 0. The predicted octanol–water partition coefficient (Wildman–Crippen LogP) is 4.66. The van der Waals surface area contributed by atoms with Gasteiger partial charge in [-0.05, 0) is 5.41 Å². The zero-order valence-electron chi connectivity index (χ0n) is 12.2. The zero-order valence-corrected chi connectivity index (χ0v) is 15.1. The average molecular weight is 412 g/mol. The maximum Gasteiger partial charge on any atom is 0 e. The summed E-state index contributed by atoms with van der Waals surface area (Å²) >= 11 is 0. The molecule has 0 unspecified atom stereocenters. The van der Waals surface area contributed by atoms with Crippen molar-refractivity contribution in [3.8, 4) is 0 Å². The van der Waals surface area contributed by atoms with Crippen molar-refractivity contribution < 1.29 is 21.1 Å². The van der Waals surface area contributed by atoms with E-state index in [2.05, 4.69) is 70.4 Å². The van der Waals surface area contributed by atoms with Crippen LogP contribution in [0.4, 0.5) is 0 Å². The van der Waals surface area contributed by atoms with Gasteiger partial charge in [-0.25, -0.2) is 0 Å². The molecule has 0 fully saturated rings. The molecule has 98 valence electrons. The van der Waals surface area contributed by atoms with Crippen molar-refractivity contribution in [2.45, 2.75) is 47.0 Å². The quantitative estimate of drug-likeness (QED) is 0.601. The number of nitrogens with zero attached hydrogens (tertiary/aromatic N) is 1. The summed E-state index contributed by atoms with van der Waals surface area (Å²) in [5.74, 6) is 0. The van der Waals surface area contributed by atoms with E-state index < -0.39 is 0 Å². The van der Waals surface area contributed by atoms with Gasteiger partial charge in [-0.1, -0.05) is 88.0 Å². The molecule has 0 aliphatic rings. The van der Waals surface area contributed by atoms with Crippen molar-refractivity contribution >= 4 is 10.9 Å². The van der Waals surface area contributed by atoms with Gasteiger partial charge in [0.25, 0.3) is 0 Å². The molecule has 0 bridgehead atoms. The second kappa shape index (κ2) is 5.13. The fourth-order valence-corrected chi connectivity index (χ4v) is 2.76. The summed E-state index contributed by atoms with van der Waals surface area (Å²) < 4.78 is 2.41.